The first-order valence-electron chi connectivity index (χ1n) is 9.97. The quantitative estimate of drug-likeness (QED) is 0.814. The number of methoxy groups -OCH3 is 1. The van der Waals surface area contributed by atoms with Crippen LogP contribution in [0.25, 0.3) is 5.57 Å². The fourth-order valence-electron chi connectivity index (χ4n) is 4.31. The summed E-state index contributed by atoms with van der Waals surface area (Å²) in [5.74, 6) is 0. The van der Waals surface area contributed by atoms with E-state index in [9.17, 15) is 13.2 Å². The Morgan fingerprint density at radius 2 is 2.11 bits per heavy atom. The molecule has 2 aliphatic rings. The van der Waals surface area contributed by atoms with E-state index in [4.69, 9.17) is 4.74 Å². The van der Waals surface area contributed by atoms with Crippen molar-refractivity contribution in [3.63, 3.8) is 0 Å². The van der Waals surface area contributed by atoms with Crippen LogP contribution in [0, 0.1) is 0 Å². The maximum Gasteiger partial charge on any atom is 0.409 e. The first-order chi connectivity index (χ1) is 13.4. The van der Waals surface area contributed by atoms with E-state index in [1.807, 2.05) is 6.07 Å². The number of rotatable bonds is 5. The van der Waals surface area contributed by atoms with E-state index < -0.39 is 16.1 Å². The zero-order chi connectivity index (χ0) is 20.1. The molecule has 154 valence electrons. The number of sulfonamides is 1. The van der Waals surface area contributed by atoms with E-state index in [-0.39, 0.29) is 12.1 Å². The highest BCUT2D eigenvalue weighted by atomic mass is 32.2. The van der Waals surface area contributed by atoms with Crippen molar-refractivity contribution in [3.05, 3.63) is 41.5 Å². The van der Waals surface area contributed by atoms with Gasteiger partial charge >= 0.3 is 6.09 Å². The number of carbonyl (C=O) groups is 1. The standard InChI is InChI=1S/C21H30N2O4S/c1-27-21(24)23-13-7-12-19(22-28(2,25)26)20(23)15-16-8-6-11-18(14-16)17-9-4-3-5-10-17/h6,8-9,11,14,19-20,22H,3-5,7,10,12-13,15H2,1-2H3/t19-,20-/m0/s1. The third-order valence-corrected chi connectivity index (χ3v) is 6.32. The van der Waals surface area contributed by atoms with Gasteiger partial charge in [-0.25, -0.2) is 17.9 Å². The molecule has 28 heavy (non-hydrogen) atoms. The Morgan fingerprint density at radius 3 is 2.79 bits per heavy atom. The molecule has 0 spiro atoms. The number of carbonyl (C=O) groups excluding carboxylic acids is 1. The van der Waals surface area contributed by atoms with Gasteiger partial charge in [-0.15, -0.1) is 0 Å². The Balaban J connectivity index is 1.86. The first kappa shape index (κ1) is 20.9. The van der Waals surface area contributed by atoms with Gasteiger partial charge in [0.1, 0.15) is 0 Å². The number of nitrogens with zero attached hydrogens (tertiary/aromatic N) is 1. The second kappa shape index (κ2) is 9.09. The molecule has 0 radical (unpaired) electrons. The summed E-state index contributed by atoms with van der Waals surface area (Å²) in [6.45, 7) is 0.574. The summed E-state index contributed by atoms with van der Waals surface area (Å²) < 4.78 is 31.4. The fourth-order valence-corrected chi connectivity index (χ4v) is 5.13. The van der Waals surface area contributed by atoms with Crippen molar-refractivity contribution in [2.45, 2.75) is 57.0 Å². The minimum atomic E-state index is -3.37. The SMILES string of the molecule is COC(=O)N1CCC[C@H](NS(C)(=O)=O)[C@@H]1Cc1cccc(C2=CCCCC2)c1. The smallest absolute Gasteiger partial charge is 0.409 e. The summed E-state index contributed by atoms with van der Waals surface area (Å²) in [7, 11) is -2.00. The molecular weight excluding hydrogens is 376 g/mol. The van der Waals surface area contributed by atoms with Gasteiger partial charge < -0.3 is 9.64 Å². The predicted octanol–water partition coefficient (Wildman–Crippen LogP) is 3.34. The van der Waals surface area contributed by atoms with Gasteiger partial charge in [0.25, 0.3) is 0 Å². The van der Waals surface area contributed by atoms with Crippen molar-refractivity contribution >= 4 is 21.7 Å². The number of hydrogen-bond donors (Lipinski definition) is 1. The van der Waals surface area contributed by atoms with E-state index in [0.717, 1.165) is 31.1 Å². The molecule has 1 amide bonds. The summed E-state index contributed by atoms with van der Waals surface area (Å²) >= 11 is 0. The molecule has 1 aliphatic heterocycles. The number of amides is 1. The van der Waals surface area contributed by atoms with Crippen LogP contribution < -0.4 is 4.72 Å². The molecule has 1 aromatic rings. The van der Waals surface area contributed by atoms with Crippen LogP contribution in [0.1, 0.15) is 49.7 Å². The summed E-state index contributed by atoms with van der Waals surface area (Å²) in [5, 5.41) is 0. The van der Waals surface area contributed by atoms with E-state index in [1.165, 1.54) is 31.1 Å². The second-order valence-electron chi connectivity index (χ2n) is 7.75. The lowest BCUT2D eigenvalue weighted by molar-refractivity contribution is 0.0792. The third-order valence-electron chi connectivity index (χ3n) is 5.59. The predicted molar refractivity (Wildman–Crippen MR) is 110 cm³/mol. The van der Waals surface area contributed by atoms with Crippen molar-refractivity contribution in [1.82, 2.24) is 9.62 Å². The van der Waals surface area contributed by atoms with Crippen molar-refractivity contribution < 1.29 is 17.9 Å². The molecule has 0 unspecified atom stereocenters. The lowest BCUT2D eigenvalue weighted by atomic mass is 9.89. The van der Waals surface area contributed by atoms with Crippen LogP contribution >= 0.6 is 0 Å². The van der Waals surface area contributed by atoms with Crippen LogP contribution in [0.5, 0.6) is 0 Å². The van der Waals surface area contributed by atoms with Crippen molar-refractivity contribution in [2.75, 3.05) is 19.9 Å². The van der Waals surface area contributed by atoms with E-state index >= 15 is 0 Å². The van der Waals surface area contributed by atoms with Crippen LogP contribution in [0.2, 0.25) is 0 Å². The second-order valence-corrected chi connectivity index (χ2v) is 9.53. The molecule has 1 saturated heterocycles. The molecule has 1 heterocycles. The lowest BCUT2D eigenvalue weighted by Gasteiger charge is -2.40. The van der Waals surface area contributed by atoms with Crippen LogP contribution in [0.4, 0.5) is 4.79 Å². The highest BCUT2D eigenvalue weighted by Crippen LogP contribution is 2.29. The molecule has 7 heteroatoms. The Morgan fingerprint density at radius 1 is 1.29 bits per heavy atom. The molecule has 1 N–H and O–H groups in total. The third kappa shape index (κ3) is 5.35. The van der Waals surface area contributed by atoms with Gasteiger partial charge in [-0.3, -0.25) is 0 Å². The Hall–Kier alpha value is -1.86. The van der Waals surface area contributed by atoms with Crippen LogP contribution in [-0.2, 0) is 21.2 Å². The van der Waals surface area contributed by atoms with Crippen molar-refractivity contribution in [2.24, 2.45) is 0 Å². The summed E-state index contributed by atoms with van der Waals surface area (Å²) in [6, 6.07) is 7.82. The number of benzene rings is 1. The Labute approximate surface area is 168 Å². The molecule has 1 aliphatic carbocycles. The van der Waals surface area contributed by atoms with Gasteiger partial charge in [0.05, 0.1) is 19.4 Å². The molecule has 2 atom stereocenters. The number of hydrogen-bond acceptors (Lipinski definition) is 4. The molecule has 0 bridgehead atoms. The van der Waals surface area contributed by atoms with Gasteiger partial charge in [0.2, 0.25) is 10.0 Å². The summed E-state index contributed by atoms with van der Waals surface area (Å²) in [6.07, 6.45) is 9.79. The van der Waals surface area contributed by atoms with E-state index in [1.54, 1.807) is 4.90 Å². The van der Waals surface area contributed by atoms with Crippen LogP contribution in [0.15, 0.2) is 30.3 Å². The molecular formula is C21H30N2O4S. The zero-order valence-electron chi connectivity index (χ0n) is 16.7. The van der Waals surface area contributed by atoms with Gasteiger partial charge in [-0.2, -0.15) is 0 Å². The first-order valence-corrected chi connectivity index (χ1v) is 11.9. The maximum atomic E-state index is 12.3. The van der Waals surface area contributed by atoms with Crippen molar-refractivity contribution in [1.29, 1.82) is 0 Å². The largest absolute Gasteiger partial charge is 0.453 e. The number of likely N-dealkylation sites (tertiary alicyclic amines) is 1. The van der Waals surface area contributed by atoms with Crippen molar-refractivity contribution in [3.8, 4) is 0 Å². The van der Waals surface area contributed by atoms with Gasteiger partial charge in [0, 0.05) is 12.6 Å². The Kier molecular flexibility index (Phi) is 6.78. The lowest BCUT2D eigenvalue weighted by Crippen LogP contribution is -2.57. The maximum absolute atomic E-state index is 12.3. The highest BCUT2D eigenvalue weighted by Gasteiger charge is 2.36. The summed E-state index contributed by atoms with van der Waals surface area (Å²) in [4.78, 5) is 14.0. The number of piperidine rings is 1. The average Bonchev–Trinajstić information content (AvgIpc) is 2.68. The average molecular weight is 407 g/mol. The topological polar surface area (TPSA) is 75.7 Å². The number of ether oxygens (including phenoxy) is 1. The fraction of sp³-hybridized carbons (Fsp3) is 0.571. The molecule has 0 aromatic heterocycles. The van der Waals surface area contributed by atoms with Crippen LogP contribution in [-0.4, -0.2) is 51.4 Å². The molecule has 0 saturated carbocycles. The molecule has 1 aromatic carbocycles. The highest BCUT2D eigenvalue weighted by molar-refractivity contribution is 7.88. The minimum absolute atomic E-state index is 0.272. The summed E-state index contributed by atoms with van der Waals surface area (Å²) in [5.41, 5.74) is 3.71. The number of nitrogens with one attached hydrogen (secondary N) is 1. The number of allylic oxidation sites excluding steroid dienone is 2. The monoisotopic (exact) mass is 406 g/mol. The normalized spacial score (nSPS) is 23.2. The molecule has 3 rings (SSSR count). The zero-order valence-corrected chi connectivity index (χ0v) is 17.5. The van der Waals surface area contributed by atoms with E-state index in [0.29, 0.717) is 19.4 Å². The molecule has 6 nitrogen and oxygen atoms in total. The van der Waals surface area contributed by atoms with Gasteiger partial charge in [-0.05, 0) is 61.6 Å². The van der Waals surface area contributed by atoms with E-state index in [2.05, 4.69) is 29.0 Å². The van der Waals surface area contributed by atoms with Gasteiger partial charge in [-0.1, -0.05) is 30.3 Å². The molecule has 1 fully saturated rings. The minimum Gasteiger partial charge on any atom is -0.453 e. The van der Waals surface area contributed by atoms with Gasteiger partial charge in [0.15, 0.2) is 0 Å². The van der Waals surface area contributed by atoms with Crippen LogP contribution in [0.3, 0.4) is 0 Å². The Bertz CT molecular complexity index is 835.